The van der Waals surface area contributed by atoms with E-state index in [1.165, 1.54) is 0 Å². The Labute approximate surface area is 378 Å². The molecule has 6 aliphatic rings. The third-order valence-corrected chi connectivity index (χ3v) is 12.4. The van der Waals surface area contributed by atoms with E-state index in [-0.39, 0.29) is 0 Å². The van der Waals surface area contributed by atoms with E-state index in [1.54, 1.807) is 0 Å². The van der Waals surface area contributed by atoms with Gasteiger partial charge in [0.1, 0.15) is 146 Å². The molecule has 6 rings (SSSR count). The minimum atomic E-state index is -2.18. The lowest BCUT2D eigenvalue weighted by Crippen LogP contribution is -2.68. The van der Waals surface area contributed by atoms with Crippen molar-refractivity contribution in [3.8, 4) is 0 Å². The summed E-state index contributed by atoms with van der Waals surface area (Å²) in [5, 5.41) is 209. The van der Waals surface area contributed by atoms with Crippen molar-refractivity contribution in [2.75, 3.05) is 39.6 Å². The Morgan fingerprint density at radius 1 is 0.224 bits per heavy atom. The average molecular weight is 991 g/mol. The van der Waals surface area contributed by atoms with Gasteiger partial charge in [0, 0.05) is 0 Å². The summed E-state index contributed by atoms with van der Waals surface area (Å²) in [6.45, 7) is -5.67. The van der Waals surface area contributed by atoms with Crippen LogP contribution in [0.1, 0.15) is 0 Å². The fourth-order valence-corrected chi connectivity index (χ4v) is 8.52. The molecule has 0 saturated carbocycles. The van der Waals surface area contributed by atoms with Crippen molar-refractivity contribution in [1.29, 1.82) is 0 Å². The highest BCUT2D eigenvalue weighted by Gasteiger charge is 2.57. The molecule has 67 heavy (non-hydrogen) atoms. The summed E-state index contributed by atoms with van der Waals surface area (Å²) in [7, 11) is 0. The highest BCUT2D eigenvalue weighted by molar-refractivity contribution is 5.00. The Morgan fingerprint density at radius 2 is 0.433 bits per heavy atom. The molecule has 0 bridgehead atoms. The van der Waals surface area contributed by atoms with Gasteiger partial charge in [0.15, 0.2) is 37.7 Å². The van der Waals surface area contributed by atoms with Crippen molar-refractivity contribution in [1.82, 2.24) is 0 Å². The van der Waals surface area contributed by atoms with Gasteiger partial charge in [-0.15, -0.1) is 0 Å². The molecule has 392 valence electrons. The summed E-state index contributed by atoms with van der Waals surface area (Å²) >= 11 is 0. The van der Waals surface area contributed by atoms with Crippen molar-refractivity contribution in [3.05, 3.63) is 0 Å². The van der Waals surface area contributed by atoms with Crippen molar-refractivity contribution in [2.45, 2.75) is 184 Å². The Morgan fingerprint density at radius 3 is 0.687 bits per heavy atom. The summed E-state index contributed by atoms with van der Waals surface area (Å²) in [5.74, 6) is 0. The van der Waals surface area contributed by atoms with Crippen molar-refractivity contribution >= 4 is 0 Å². The van der Waals surface area contributed by atoms with Crippen molar-refractivity contribution in [2.24, 2.45) is 0 Å². The Hall–Kier alpha value is -1.24. The van der Waals surface area contributed by atoms with Crippen LogP contribution in [0.3, 0.4) is 0 Å². The summed E-state index contributed by atoms with van der Waals surface area (Å²) in [6.07, 6.45) is -56.5. The third kappa shape index (κ3) is 11.2. The van der Waals surface area contributed by atoms with E-state index in [9.17, 15) is 102 Å². The number of ether oxygens (including phenoxy) is 11. The van der Waals surface area contributed by atoms with Crippen LogP contribution in [0.5, 0.6) is 0 Å². The number of hydrogen-bond acceptors (Lipinski definition) is 31. The molecule has 0 aliphatic carbocycles. The first-order valence-corrected chi connectivity index (χ1v) is 21.1. The van der Waals surface area contributed by atoms with Crippen LogP contribution in [0.25, 0.3) is 0 Å². The second-order valence-electron chi connectivity index (χ2n) is 16.8. The van der Waals surface area contributed by atoms with Gasteiger partial charge < -0.3 is 154 Å². The van der Waals surface area contributed by atoms with Crippen LogP contribution >= 0.6 is 0 Å². The van der Waals surface area contributed by atoms with Crippen molar-refractivity contribution < 1.29 is 154 Å². The molecule has 6 fully saturated rings. The average Bonchev–Trinajstić information content (AvgIpc) is 3.32. The number of hydrogen-bond donors (Lipinski definition) is 20. The number of rotatable bonds is 16. The predicted octanol–water partition coefficient (Wildman–Crippen LogP) is -14.1. The van der Waals surface area contributed by atoms with E-state index in [1.807, 2.05) is 0 Å². The van der Waals surface area contributed by atoms with Gasteiger partial charge in [-0.3, -0.25) is 0 Å². The highest BCUT2D eigenvalue weighted by Crippen LogP contribution is 2.36. The zero-order valence-electron chi connectivity index (χ0n) is 35.0. The molecule has 31 nitrogen and oxygen atoms in total. The standard InChI is InChI=1S/C36H62O31/c37-1-7-13(43)14(44)21(51)32(58-7)64-27-9(3-39)60-34(23(53)16(27)46)66-29-11(5-41)62-36(25(55)18(29)48)67-30-12(6-42)61-35(24(54)19(30)49)65-28-10(4-40)59-33(22(52)17(28)47)63-26-8(2-38)57-31(56)20(50)15(26)45/h7-56H,1-6H2/t7-,8-,9-,10-,11-,12-,13-,14+,15-,16-,17-,18-,19-,20+,21+,22+,23+,24+,25+,26-,27-,28-,29-,30-,31+,32+,33-,34+,35+,36+/m1/s1. The summed E-state index contributed by atoms with van der Waals surface area (Å²) in [5.41, 5.74) is 0. The van der Waals surface area contributed by atoms with E-state index < -0.39 is 224 Å². The molecule has 6 saturated heterocycles. The van der Waals surface area contributed by atoms with Crippen LogP contribution in [-0.4, -0.2) is 326 Å². The summed E-state index contributed by atoms with van der Waals surface area (Å²) in [4.78, 5) is 0. The van der Waals surface area contributed by atoms with Gasteiger partial charge in [0.25, 0.3) is 0 Å². The maximum absolute atomic E-state index is 11.2. The lowest BCUT2D eigenvalue weighted by molar-refractivity contribution is -0.396. The zero-order valence-corrected chi connectivity index (χ0v) is 35.0. The van der Waals surface area contributed by atoms with Gasteiger partial charge in [-0.2, -0.15) is 0 Å². The topological polar surface area (TPSA) is 506 Å². The molecule has 0 aromatic carbocycles. The largest absolute Gasteiger partial charge is 0.394 e. The fourth-order valence-electron chi connectivity index (χ4n) is 8.52. The Kier molecular flexibility index (Phi) is 19.4. The Balaban J connectivity index is 1.07. The molecule has 0 aromatic heterocycles. The normalized spacial score (nSPS) is 53.4. The second-order valence-corrected chi connectivity index (χ2v) is 16.8. The lowest BCUT2D eigenvalue weighted by atomic mass is 9.95. The SMILES string of the molecule is OC[C@H]1O[C@@H](O[C@H]2[C@H](O)[C@H](O)[C@H](O[C@H]3[C@H](O)[C@H](O)[C@H](O[C@H]4[C@H](O)[C@H](O)[C@H](O[C@H]5[C@H](O)[C@H](O)[C@@H](O[C@H]6[C@H](O)[C@H](O)[C@@H](O)O[C@@H]6CO)O[C@@H]5CO)O[C@@H]4CO)O[C@@H]3CO)O[C@@H]2CO)[C@@H](O)[C@@H](O)[C@@H]1O. The van der Waals surface area contributed by atoms with Gasteiger partial charge in [-0.25, -0.2) is 0 Å². The molecule has 0 radical (unpaired) electrons. The van der Waals surface area contributed by atoms with Crippen LogP contribution in [0.4, 0.5) is 0 Å². The minimum absolute atomic E-state index is 0.830. The van der Waals surface area contributed by atoms with Crippen LogP contribution in [0, 0.1) is 0 Å². The van der Waals surface area contributed by atoms with E-state index in [2.05, 4.69) is 0 Å². The maximum atomic E-state index is 11.2. The maximum Gasteiger partial charge on any atom is 0.187 e. The van der Waals surface area contributed by atoms with Gasteiger partial charge in [0.2, 0.25) is 0 Å². The molecule has 6 aliphatic heterocycles. The van der Waals surface area contributed by atoms with Gasteiger partial charge in [-0.1, -0.05) is 0 Å². The number of aliphatic hydroxyl groups excluding tert-OH is 20. The predicted molar refractivity (Wildman–Crippen MR) is 199 cm³/mol. The molecule has 0 spiro atoms. The molecule has 0 amide bonds. The first-order valence-electron chi connectivity index (χ1n) is 21.1. The second kappa shape index (κ2) is 23.5. The van der Waals surface area contributed by atoms with E-state index in [0.717, 1.165) is 0 Å². The molecule has 31 heteroatoms. The highest BCUT2D eigenvalue weighted by atomic mass is 16.8. The quantitative estimate of drug-likeness (QED) is 0.0683. The van der Waals surface area contributed by atoms with Crippen LogP contribution < -0.4 is 0 Å². The molecule has 20 N–H and O–H groups in total. The first-order chi connectivity index (χ1) is 31.8. The van der Waals surface area contributed by atoms with Gasteiger partial charge in [-0.05, 0) is 0 Å². The summed E-state index contributed by atoms with van der Waals surface area (Å²) < 4.78 is 60.5. The first kappa shape index (κ1) is 55.1. The molecular weight excluding hydrogens is 928 g/mol. The van der Waals surface area contributed by atoms with Crippen molar-refractivity contribution in [3.63, 3.8) is 0 Å². The van der Waals surface area contributed by atoms with E-state index >= 15 is 0 Å². The lowest BCUT2D eigenvalue weighted by Gasteiger charge is -2.49. The monoisotopic (exact) mass is 990 g/mol. The number of aliphatic hydroxyl groups is 20. The molecule has 6 heterocycles. The zero-order chi connectivity index (χ0) is 49.3. The molecular formula is C36H62O31. The summed E-state index contributed by atoms with van der Waals surface area (Å²) in [6, 6.07) is 0. The smallest absolute Gasteiger partial charge is 0.187 e. The fraction of sp³-hybridized carbons (Fsp3) is 1.00. The molecule has 0 aromatic rings. The molecule has 30 atom stereocenters. The van der Waals surface area contributed by atoms with E-state index in [4.69, 9.17) is 52.1 Å². The van der Waals surface area contributed by atoms with E-state index in [0.29, 0.717) is 0 Å². The Bertz CT molecular complexity index is 1500. The van der Waals surface area contributed by atoms with Crippen LogP contribution in [0.15, 0.2) is 0 Å². The molecule has 0 unspecified atom stereocenters. The van der Waals surface area contributed by atoms with Crippen LogP contribution in [-0.2, 0) is 52.1 Å². The third-order valence-electron chi connectivity index (χ3n) is 12.4. The minimum Gasteiger partial charge on any atom is -0.394 e. The van der Waals surface area contributed by atoms with Gasteiger partial charge in [0.05, 0.1) is 39.6 Å². The van der Waals surface area contributed by atoms with Crippen LogP contribution in [0.2, 0.25) is 0 Å². The van der Waals surface area contributed by atoms with Gasteiger partial charge >= 0.3 is 0 Å².